The maximum atomic E-state index is 2.41. The summed E-state index contributed by atoms with van der Waals surface area (Å²) in [4.78, 5) is 0. The summed E-state index contributed by atoms with van der Waals surface area (Å²) in [5.41, 5.74) is 0. The van der Waals surface area contributed by atoms with Gasteiger partial charge in [-0.1, -0.05) is 25.8 Å². The second-order valence-electron chi connectivity index (χ2n) is 2.72. The lowest BCUT2D eigenvalue weighted by atomic mass is 10.2. The number of hydrogen-bond donors (Lipinski definition) is 0. The Morgan fingerprint density at radius 1 is 1.36 bits per heavy atom. The summed E-state index contributed by atoms with van der Waals surface area (Å²) >= 11 is 4.08. The minimum atomic E-state index is 1.28. The van der Waals surface area contributed by atoms with Crippen LogP contribution in [0.2, 0.25) is 0 Å². The summed E-state index contributed by atoms with van der Waals surface area (Å²) in [6.07, 6.45) is 7.76. The van der Waals surface area contributed by atoms with Crippen molar-refractivity contribution < 1.29 is 0 Å². The summed E-state index contributed by atoms with van der Waals surface area (Å²) in [6, 6.07) is 0. The molecular weight excluding hydrogens is 172 g/mol. The molecule has 0 amide bonds. The molecule has 1 aliphatic rings. The van der Waals surface area contributed by atoms with Gasteiger partial charge in [-0.3, -0.25) is 0 Å². The van der Waals surface area contributed by atoms with E-state index in [-0.39, 0.29) is 0 Å². The van der Waals surface area contributed by atoms with E-state index in [9.17, 15) is 0 Å². The number of hydrogen-bond acceptors (Lipinski definition) is 2. The van der Waals surface area contributed by atoms with Gasteiger partial charge in [-0.15, -0.1) is 23.5 Å². The molecule has 0 bridgehead atoms. The van der Waals surface area contributed by atoms with Crippen LogP contribution in [0.5, 0.6) is 0 Å². The molecule has 0 atom stereocenters. The highest BCUT2D eigenvalue weighted by Crippen LogP contribution is 2.34. The minimum absolute atomic E-state index is 1.28. The van der Waals surface area contributed by atoms with E-state index in [0.29, 0.717) is 0 Å². The van der Waals surface area contributed by atoms with Crippen LogP contribution in [0.25, 0.3) is 0 Å². The fraction of sp³-hybridized carbons (Fsp3) is 0.778. The zero-order chi connectivity index (χ0) is 7.94. The predicted molar refractivity (Wildman–Crippen MR) is 57.1 cm³/mol. The molecule has 0 unspecified atom stereocenters. The van der Waals surface area contributed by atoms with Gasteiger partial charge in [0, 0.05) is 4.24 Å². The Labute approximate surface area is 78.2 Å². The van der Waals surface area contributed by atoms with Crippen molar-refractivity contribution in [1.82, 2.24) is 0 Å². The molecule has 1 rings (SSSR count). The molecule has 64 valence electrons. The van der Waals surface area contributed by atoms with Gasteiger partial charge in [0.2, 0.25) is 0 Å². The fourth-order valence-electron chi connectivity index (χ4n) is 0.988. The maximum Gasteiger partial charge on any atom is 0.0360 e. The third kappa shape index (κ3) is 4.12. The second-order valence-corrected chi connectivity index (χ2v) is 5.25. The van der Waals surface area contributed by atoms with Gasteiger partial charge in [-0.05, 0) is 24.3 Å². The molecule has 0 saturated carbocycles. The van der Waals surface area contributed by atoms with E-state index >= 15 is 0 Å². The van der Waals surface area contributed by atoms with Crippen molar-refractivity contribution in [3.63, 3.8) is 0 Å². The molecule has 1 fully saturated rings. The van der Waals surface area contributed by atoms with E-state index in [1.165, 1.54) is 37.2 Å². The first-order chi connectivity index (χ1) is 5.43. The molecule has 0 spiro atoms. The topological polar surface area (TPSA) is 0 Å². The van der Waals surface area contributed by atoms with E-state index in [2.05, 4.69) is 13.0 Å². The molecule has 0 aromatic heterocycles. The van der Waals surface area contributed by atoms with Crippen molar-refractivity contribution in [2.45, 2.75) is 32.6 Å². The summed E-state index contributed by atoms with van der Waals surface area (Å²) < 4.78 is 1.57. The number of thioether (sulfide) groups is 2. The van der Waals surface area contributed by atoms with Crippen LogP contribution in [-0.2, 0) is 0 Å². The average Bonchev–Trinajstić information content (AvgIpc) is 2.07. The van der Waals surface area contributed by atoms with E-state index in [0.717, 1.165) is 0 Å². The van der Waals surface area contributed by atoms with Crippen molar-refractivity contribution in [3.05, 3.63) is 10.3 Å². The Balaban J connectivity index is 2.15. The van der Waals surface area contributed by atoms with Crippen LogP contribution in [-0.4, -0.2) is 11.5 Å². The molecule has 11 heavy (non-hydrogen) atoms. The fourth-order valence-corrected chi connectivity index (χ4v) is 3.46. The summed E-state index contributed by atoms with van der Waals surface area (Å²) in [5.74, 6) is 2.68. The Hall–Kier alpha value is 0.440. The zero-order valence-corrected chi connectivity index (χ0v) is 8.77. The third-order valence-corrected chi connectivity index (χ3v) is 4.24. The van der Waals surface area contributed by atoms with Gasteiger partial charge in [0.25, 0.3) is 0 Å². The Kier molecular flexibility index (Phi) is 5.21. The zero-order valence-electron chi connectivity index (χ0n) is 7.14. The first kappa shape index (κ1) is 9.53. The SMILES string of the molecule is CCCCC=C1SCCCS1. The van der Waals surface area contributed by atoms with Crippen LogP contribution in [0.15, 0.2) is 10.3 Å². The molecule has 0 aromatic rings. The van der Waals surface area contributed by atoms with Gasteiger partial charge in [0.1, 0.15) is 0 Å². The molecule has 0 N–H and O–H groups in total. The molecular formula is C9H16S2. The highest BCUT2D eigenvalue weighted by Gasteiger charge is 2.04. The normalized spacial score (nSPS) is 18.5. The van der Waals surface area contributed by atoms with Gasteiger partial charge >= 0.3 is 0 Å². The second kappa shape index (κ2) is 6.01. The van der Waals surface area contributed by atoms with Crippen LogP contribution in [0.4, 0.5) is 0 Å². The maximum absolute atomic E-state index is 2.41. The van der Waals surface area contributed by atoms with Crippen LogP contribution in [0.1, 0.15) is 32.6 Å². The van der Waals surface area contributed by atoms with Crippen LogP contribution in [0, 0.1) is 0 Å². The van der Waals surface area contributed by atoms with Crippen molar-refractivity contribution in [2.75, 3.05) is 11.5 Å². The summed E-state index contributed by atoms with van der Waals surface area (Å²) in [7, 11) is 0. The van der Waals surface area contributed by atoms with Crippen LogP contribution in [0.3, 0.4) is 0 Å². The highest BCUT2D eigenvalue weighted by atomic mass is 32.2. The number of allylic oxidation sites excluding steroid dienone is 1. The molecule has 0 aliphatic carbocycles. The van der Waals surface area contributed by atoms with Gasteiger partial charge < -0.3 is 0 Å². The van der Waals surface area contributed by atoms with Crippen molar-refractivity contribution in [1.29, 1.82) is 0 Å². The van der Waals surface area contributed by atoms with Crippen molar-refractivity contribution >= 4 is 23.5 Å². The Morgan fingerprint density at radius 3 is 2.73 bits per heavy atom. The molecule has 1 heterocycles. The van der Waals surface area contributed by atoms with Gasteiger partial charge in [-0.2, -0.15) is 0 Å². The molecule has 1 aliphatic heterocycles. The first-order valence-electron chi connectivity index (χ1n) is 4.39. The number of rotatable bonds is 3. The lowest BCUT2D eigenvalue weighted by Gasteiger charge is -2.11. The summed E-state index contributed by atoms with van der Waals surface area (Å²) in [6.45, 7) is 2.25. The van der Waals surface area contributed by atoms with Crippen LogP contribution >= 0.6 is 23.5 Å². The van der Waals surface area contributed by atoms with E-state index in [1.54, 1.807) is 4.24 Å². The summed E-state index contributed by atoms with van der Waals surface area (Å²) in [5, 5.41) is 0. The van der Waals surface area contributed by atoms with Crippen molar-refractivity contribution in [2.24, 2.45) is 0 Å². The van der Waals surface area contributed by atoms with Gasteiger partial charge in [0.05, 0.1) is 0 Å². The first-order valence-corrected chi connectivity index (χ1v) is 6.36. The Bertz CT molecular complexity index is 122. The minimum Gasteiger partial charge on any atom is -0.120 e. The molecule has 0 aromatic carbocycles. The lowest BCUT2D eigenvalue weighted by molar-refractivity contribution is 0.815. The average molecular weight is 188 g/mol. The van der Waals surface area contributed by atoms with E-state index < -0.39 is 0 Å². The van der Waals surface area contributed by atoms with Gasteiger partial charge in [-0.25, -0.2) is 0 Å². The molecule has 2 heteroatoms. The van der Waals surface area contributed by atoms with E-state index in [4.69, 9.17) is 0 Å². The Morgan fingerprint density at radius 2 is 2.09 bits per heavy atom. The smallest absolute Gasteiger partial charge is 0.0360 e. The third-order valence-electron chi connectivity index (χ3n) is 1.65. The molecule has 1 saturated heterocycles. The van der Waals surface area contributed by atoms with Gasteiger partial charge in [0.15, 0.2) is 0 Å². The largest absolute Gasteiger partial charge is 0.120 e. The van der Waals surface area contributed by atoms with Crippen LogP contribution < -0.4 is 0 Å². The van der Waals surface area contributed by atoms with Crippen molar-refractivity contribution in [3.8, 4) is 0 Å². The standard InChI is InChI=1S/C9H16S2/c1-2-3-4-6-9-10-7-5-8-11-9/h6H,2-5,7-8H2,1H3. The molecule has 0 nitrogen and oxygen atoms in total. The lowest BCUT2D eigenvalue weighted by Crippen LogP contribution is -1.91. The number of unbranched alkanes of at least 4 members (excludes halogenated alkanes) is 2. The molecule has 0 radical (unpaired) electrons. The predicted octanol–water partition coefficient (Wildman–Crippen LogP) is 3.89. The van der Waals surface area contributed by atoms with E-state index in [1.807, 2.05) is 23.5 Å². The monoisotopic (exact) mass is 188 g/mol. The highest BCUT2D eigenvalue weighted by molar-refractivity contribution is 8.22. The quantitative estimate of drug-likeness (QED) is 0.616.